The molecule has 0 radical (unpaired) electrons. The van der Waals surface area contributed by atoms with E-state index in [4.69, 9.17) is 11.6 Å². The Morgan fingerprint density at radius 3 is 2.68 bits per heavy atom. The van der Waals surface area contributed by atoms with Gasteiger partial charge < -0.3 is 15.1 Å². The smallest absolute Gasteiger partial charge is 0.407 e. The van der Waals surface area contributed by atoms with Crippen LogP contribution in [0.3, 0.4) is 0 Å². The fraction of sp³-hybridized carbons (Fsp3) is 0.600. The van der Waals surface area contributed by atoms with Gasteiger partial charge in [-0.2, -0.15) is 0 Å². The van der Waals surface area contributed by atoms with Gasteiger partial charge in [-0.1, -0.05) is 32.4 Å². The normalized spacial score (nSPS) is 26.1. The molecule has 1 aromatic rings. The highest BCUT2D eigenvalue weighted by atomic mass is 79.9. The number of halogens is 2. The van der Waals surface area contributed by atoms with Gasteiger partial charge in [0.1, 0.15) is 5.60 Å². The molecular formula is C15H20BrClN2O3. The summed E-state index contributed by atoms with van der Waals surface area (Å²) in [5.74, 6) is 0. The molecule has 1 aliphatic rings. The van der Waals surface area contributed by atoms with Crippen LogP contribution in [0.25, 0.3) is 0 Å². The van der Waals surface area contributed by atoms with E-state index in [1.54, 1.807) is 12.3 Å². The molecule has 2 N–H and O–H groups in total. The number of carbonyl (C=O) groups is 1. The number of hydrogen-bond acceptors (Lipinski definition) is 3. The molecule has 0 aromatic carbocycles. The third kappa shape index (κ3) is 3.39. The minimum absolute atomic E-state index is 0.252. The summed E-state index contributed by atoms with van der Waals surface area (Å²) < 4.78 is 0.736. The van der Waals surface area contributed by atoms with Crippen LogP contribution in [-0.2, 0) is 5.60 Å². The van der Waals surface area contributed by atoms with E-state index >= 15 is 0 Å². The Labute approximate surface area is 143 Å². The molecule has 1 saturated heterocycles. The molecule has 0 saturated carbocycles. The number of hydrogen-bond donors (Lipinski definition) is 2. The minimum Gasteiger partial charge on any atom is -0.465 e. The Hall–Kier alpha value is -0.850. The van der Waals surface area contributed by atoms with Crippen molar-refractivity contribution >= 4 is 33.6 Å². The van der Waals surface area contributed by atoms with Crippen LogP contribution in [0, 0.1) is 5.41 Å². The molecule has 0 aliphatic carbocycles. The lowest BCUT2D eigenvalue weighted by molar-refractivity contribution is -0.0711. The number of carboxylic acid groups (broad SMARTS) is 1. The van der Waals surface area contributed by atoms with Crippen molar-refractivity contribution in [3.8, 4) is 0 Å². The average molecular weight is 392 g/mol. The molecule has 1 aliphatic heterocycles. The number of pyridine rings is 1. The van der Waals surface area contributed by atoms with Gasteiger partial charge in [0.15, 0.2) is 0 Å². The third-order valence-electron chi connectivity index (χ3n) is 4.17. The second kappa shape index (κ2) is 5.98. The summed E-state index contributed by atoms with van der Waals surface area (Å²) in [5.41, 5.74) is -1.10. The zero-order valence-corrected chi connectivity index (χ0v) is 15.1. The van der Waals surface area contributed by atoms with Crippen LogP contribution in [0.5, 0.6) is 0 Å². The van der Waals surface area contributed by atoms with Crippen molar-refractivity contribution in [1.29, 1.82) is 0 Å². The van der Waals surface area contributed by atoms with E-state index in [2.05, 4.69) is 20.9 Å². The second-order valence-corrected chi connectivity index (χ2v) is 8.15. The van der Waals surface area contributed by atoms with Crippen LogP contribution in [0.4, 0.5) is 4.79 Å². The number of likely N-dealkylation sites (tertiary alicyclic amines) is 1. The maximum Gasteiger partial charge on any atom is 0.407 e. The Bertz CT molecular complexity index is 591. The fourth-order valence-corrected chi connectivity index (χ4v) is 3.77. The van der Waals surface area contributed by atoms with Crippen molar-refractivity contribution in [3.05, 3.63) is 27.5 Å². The van der Waals surface area contributed by atoms with Gasteiger partial charge in [0.05, 0.1) is 10.7 Å². The van der Waals surface area contributed by atoms with Crippen molar-refractivity contribution in [1.82, 2.24) is 9.88 Å². The lowest BCUT2D eigenvalue weighted by Gasteiger charge is -2.47. The molecule has 7 heteroatoms. The Morgan fingerprint density at radius 1 is 1.55 bits per heavy atom. The first-order valence-electron chi connectivity index (χ1n) is 7.08. The first kappa shape index (κ1) is 17.5. The van der Waals surface area contributed by atoms with Crippen LogP contribution < -0.4 is 0 Å². The fourth-order valence-electron chi connectivity index (χ4n) is 2.97. The molecule has 2 atom stereocenters. The summed E-state index contributed by atoms with van der Waals surface area (Å²) in [5, 5.41) is 20.8. The van der Waals surface area contributed by atoms with Gasteiger partial charge in [0.25, 0.3) is 0 Å². The SMILES string of the molecule is CC(C)(C)C1CC(O)(c2ncc(Br)cc2Cl)CCN1C(=O)O. The van der Waals surface area contributed by atoms with Gasteiger partial charge in [0.2, 0.25) is 0 Å². The molecule has 0 spiro atoms. The van der Waals surface area contributed by atoms with Gasteiger partial charge >= 0.3 is 6.09 Å². The number of piperidine rings is 1. The first-order chi connectivity index (χ1) is 10.0. The zero-order chi connectivity index (χ0) is 16.7. The quantitative estimate of drug-likeness (QED) is 0.762. The molecule has 2 rings (SSSR count). The van der Waals surface area contributed by atoms with Gasteiger partial charge in [0, 0.05) is 29.7 Å². The van der Waals surface area contributed by atoms with Crippen LogP contribution >= 0.6 is 27.5 Å². The van der Waals surface area contributed by atoms with Gasteiger partial charge in [-0.05, 0) is 33.8 Å². The molecule has 5 nitrogen and oxygen atoms in total. The highest BCUT2D eigenvalue weighted by Crippen LogP contribution is 2.43. The van der Waals surface area contributed by atoms with E-state index < -0.39 is 11.7 Å². The first-order valence-corrected chi connectivity index (χ1v) is 8.25. The van der Waals surface area contributed by atoms with E-state index in [1.807, 2.05) is 20.8 Å². The summed E-state index contributed by atoms with van der Waals surface area (Å²) in [6.45, 7) is 6.16. The number of nitrogens with zero attached hydrogens (tertiary/aromatic N) is 2. The lowest BCUT2D eigenvalue weighted by Crippen LogP contribution is -2.56. The summed E-state index contributed by atoms with van der Waals surface area (Å²) >= 11 is 9.53. The Kier molecular flexibility index (Phi) is 4.76. The second-order valence-electron chi connectivity index (χ2n) is 6.83. The summed E-state index contributed by atoms with van der Waals surface area (Å²) in [6.07, 6.45) is 1.18. The van der Waals surface area contributed by atoms with E-state index in [0.717, 1.165) is 4.47 Å². The van der Waals surface area contributed by atoms with Crippen molar-refractivity contribution in [2.45, 2.75) is 45.3 Å². The molecule has 1 aromatic heterocycles. The van der Waals surface area contributed by atoms with Gasteiger partial charge in [-0.3, -0.25) is 4.98 Å². The van der Waals surface area contributed by atoms with Crippen molar-refractivity contribution in [2.24, 2.45) is 5.41 Å². The Balaban J connectivity index is 2.39. The molecule has 1 amide bonds. The zero-order valence-electron chi connectivity index (χ0n) is 12.8. The summed E-state index contributed by atoms with van der Waals surface area (Å²) in [4.78, 5) is 17.1. The maximum absolute atomic E-state index is 11.5. The highest BCUT2D eigenvalue weighted by Gasteiger charge is 2.47. The molecule has 2 unspecified atom stereocenters. The average Bonchev–Trinajstić information content (AvgIpc) is 2.36. The molecule has 22 heavy (non-hydrogen) atoms. The minimum atomic E-state index is -1.22. The molecular weight excluding hydrogens is 372 g/mol. The van der Waals surface area contributed by atoms with Gasteiger partial charge in [-0.15, -0.1) is 0 Å². The number of aliphatic hydroxyl groups is 1. The van der Waals surface area contributed by atoms with Crippen LogP contribution in [0.2, 0.25) is 5.02 Å². The van der Waals surface area contributed by atoms with Crippen LogP contribution in [0.1, 0.15) is 39.3 Å². The maximum atomic E-state index is 11.5. The van der Waals surface area contributed by atoms with Crippen molar-refractivity contribution in [2.75, 3.05) is 6.54 Å². The van der Waals surface area contributed by atoms with E-state index in [1.165, 1.54) is 4.90 Å². The summed E-state index contributed by atoms with van der Waals surface area (Å²) in [6, 6.07) is 1.38. The van der Waals surface area contributed by atoms with Crippen LogP contribution in [0.15, 0.2) is 16.7 Å². The van der Waals surface area contributed by atoms with Gasteiger partial charge in [-0.25, -0.2) is 4.79 Å². The number of rotatable bonds is 1. The van der Waals surface area contributed by atoms with E-state index in [0.29, 0.717) is 10.7 Å². The Morgan fingerprint density at radius 2 is 2.18 bits per heavy atom. The molecule has 0 bridgehead atoms. The number of amides is 1. The molecule has 2 heterocycles. The monoisotopic (exact) mass is 390 g/mol. The molecule has 122 valence electrons. The van der Waals surface area contributed by atoms with E-state index in [9.17, 15) is 15.0 Å². The number of aromatic nitrogens is 1. The predicted molar refractivity (Wildman–Crippen MR) is 88.1 cm³/mol. The van der Waals surface area contributed by atoms with Crippen molar-refractivity contribution < 1.29 is 15.0 Å². The largest absolute Gasteiger partial charge is 0.465 e. The summed E-state index contributed by atoms with van der Waals surface area (Å²) in [7, 11) is 0. The van der Waals surface area contributed by atoms with E-state index in [-0.39, 0.29) is 30.8 Å². The van der Waals surface area contributed by atoms with Crippen molar-refractivity contribution in [3.63, 3.8) is 0 Å². The standard InChI is InChI=1S/C15H20BrClN2O3/c1-14(2,3)11-7-15(22,4-5-19(11)13(20)21)12-10(17)6-9(16)8-18-12/h6,8,11,22H,4-5,7H2,1-3H3,(H,20,21). The highest BCUT2D eigenvalue weighted by molar-refractivity contribution is 9.10. The molecule has 1 fully saturated rings. The predicted octanol–water partition coefficient (Wildman–Crippen LogP) is 3.87. The lowest BCUT2D eigenvalue weighted by atomic mass is 9.74. The topological polar surface area (TPSA) is 73.7 Å². The van der Waals surface area contributed by atoms with Crippen LogP contribution in [-0.4, -0.2) is 38.8 Å². The third-order valence-corrected chi connectivity index (χ3v) is 4.89.